The zero-order chi connectivity index (χ0) is 13.8. The molecule has 3 heteroatoms. The summed E-state index contributed by atoms with van der Waals surface area (Å²) in [6, 6.07) is 16.4. The molecule has 0 fully saturated rings. The summed E-state index contributed by atoms with van der Waals surface area (Å²) < 4.78 is 11.6. The zero-order valence-electron chi connectivity index (χ0n) is 11.6. The van der Waals surface area contributed by atoms with Crippen LogP contribution in [0.1, 0.15) is 11.1 Å². The van der Waals surface area contributed by atoms with Gasteiger partial charge in [-0.05, 0) is 24.6 Å². The van der Waals surface area contributed by atoms with E-state index in [1.165, 1.54) is 11.1 Å². The van der Waals surface area contributed by atoms with Gasteiger partial charge in [0.2, 0.25) is 0 Å². The maximum atomic E-state index is 5.90. The highest BCUT2D eigenvalue weighted by molar-refractivity contribution is 5.40. The summed E-state index contributed by atoms with van der Waals surface area (Å²) in [6.45, 7) is 4.32. The van der Waals surface area contributed by atoms with Crippen LogP contribution < -0.4 is 14.8 Å². The zero-order valence-corrected chi connectivity index (χ0v) is 11.6. The first kappa shape index (κ1) is 13.0. The quantitative estimate of drug-likeness (QED) is 0.925. The van der Waals surface area contributed by atoms with Gasteiger partial charge in [-0.15, -0.1) is 0 Å². The van der Waals surface area contributed by atoms with Crippen molar-refractivity contribution in [2.45, 2.75) is 19.6 Å². The third-order valence-corrected chi connectivity index (χ3v) is 3.39. The van der Waals surface area contributed by atoms with Crippen LogP contribution in [-0.4, -0.2) is 19.3 Å². The highest BCUT2D eigenvalue weighted by Crippen LogP contribution is 2.30. The molecule has 3 nitrogen and oxygen atoms in total. The molecular weight excluding hydrogens is 250 g/mol. The minimum Gasteiger partial charge on any atom is -0.486 e. The number of aryl methyl sites for hydroxylation is 1. The van der Waals surface area contributed by atoms with Crippen LogP contribution in [0.25, 0.3) is 0 Å². The number of ether oxygens (including phenoxy) is 2. The summed E-state index contributed by atoms with van der Waals surface area (Å²) in [7, 11) is 0. The molecule has 1 unspecified atom stereocenters. The normalized spacial score (nSPS) is 16.9. The highest BCUT2D eigenvalue weighted by atomic mass is 16.6. The lowest BCUT2D eigenvalue weighted by Gasteiger charge is -2.26. The Bertz CT molecular complexity index is 565. The van der Waals surface area contributed by atoms with Gasteiger partial charge in [-0.1, -0.05) is 42.0 Å². The molecule has 104 valence electrons. The van der Waals surface area contributed by atoms with Crippen molar-refractivity contribution < 1.29 is 9.47 Å². The van der Waals surface area contributed by atoms with E-state index < -0.39 is 0 Å². The van der Waals surface area contributed by atoms with Crippen molar-refractivity contribution in [3.63, 3.8) is 0 Å². The van der Waals surface area contributed by atoms with Gasteiger partial charge in [-0.2, -0.15) is 0 Å². The van der Waals surface area contributed by atoms with Gasteiger partial charge in [0.1, 0.15) is 12.7 Å². The van der Waals surface area contributed by atoms with E-state index in [0.29, 0.717) is 6.61 Å². The van der Waals surface area contributed by atoms with E-state index >= 15 is 0 Å². The molecule has 0 bridgehead atoms. The summed E-state index contributed by atoms with van der Waals surface area (Å²) in [5, 5.41) is 3.42. The first-order chi connectivity index (χ1) is 9.81. The fraction of sp³-hybridized carbons (Fsp3) is 0.294. The molecule has 0 saturated heterocycles. The van der Waals surface area contributed by atoms with Crippen molar-refractivity contribution in [3.05, 3.63) is 59.7 Å². The van der Waals surface area contributed by atoms with Gasteiger partial charge in [0.05, 0.1) is 0 Å². The maximum Gasteiger partial charge on any atom is 0.161 e. The second kappa shape index (κ2) is 5.97. The van der Waals surface area contributed by atoms with Crippen LogP contribution >= 0.6 is 0 Å². The van der Waals surface area contributed by atoms with Gasteiger partial charge < -0.3 is 14.8 Å². The number of nitrogens with one attached hydrogen (secondary N) is 1. The van der Waals surface area contributed by atoms with Gasteiger partial charge in [-0.3, -0.25) is 0 Å². The number of para-hydroxylation sites is 2. The summed E-state index contributed by atoms with van der Waals surface area (Å²) >= 11 is 0. The largest absolute Gasteiger partial charge is 0.486 e. The van der Waals surface area contributed by atoms with Crippen molar-refractivity contribution in [1.29, 1.82) is 0 Å². The first-order valence-electron chi connectivity index (χ1n) is 6.96. The number of rotatable bonds is 4. The highest BCUT2D eigenvalue weighted by Gasteiger charge is 2.19. The number of hydrogen-bond donors (Lipinski definition) is 1. The number of fused-ring (bicyclic) bond motifs is 1. The molecule has 0 amide bonds. The summed E-state index contributed by atoms with van der Waals surface area (Å²) in [6.07, 6.45) is 0.0651. The molecule has 1 aliphatic rings. The fourth-order valence-corrected chi connectivity index (χ4v) is 2.25. The maximum absolute atomic E-state index is 5.90. The van der Waals surface area contributed by atoms with Gasteiger partial charge in [0, 0.05) is 13.1 Å². The Morgan fingerprint density at radius 2 is 1.80 bits per heavy atom. The van der Waals surface area contributed by atoms with Crippen molar-refractivity contribution in [2.24, 2.45) is 0 Å². The molecule has 1 N–H and O–H groups in total. The van der Waals surface area contributed by atoms with Crippen LogP contribution in [0, 0.1) is 6.92 Å². The molecule has 1 heterocycles. The Balaban J connectivity index is 1.49. The monoisotopic (exact) mass is 269 g/mol. The van der Waals surface area contributed by atoms with Crippen molar-refractivity contribution in [1.82, 2.24) is 5.32 Å². The average Bonchev–Trinajstić information content (AvgIpc) is 2.49. The van der Waals surface area contributed by atoms with Crippen LogP contribution in [0.2, 0.25) is 0 Å². The molecule has 2 aromatic carbocycles. The minimum atomic E-state index is 0.0651. The van der Waals surface area contributed by atoms with Crippen molar-refractivity contribution >= 4 is 0 Å². The van der Waals surface area contributed by atoms with E-state index in [1.54, 1.807) is 0 Å². The topological polar surface area (TPSA) is 30.5 Å². The molecule has 0 aliphatic carbocycles. The Kier molecular flexibility index (Phi) is 3.88. The van der Waals surface area contributed by atoms with Gasteiger partial charge in [0.15, 0.2) is 11.5 Å². The van der Waals surface area contributed by atoms with Crippen LogP contribution in [-0.2, 0) is 6.54 Å². The smallest absolute Gasteiger partial charge is 0.161 e. The van der Waals surface area contributed by atoms with E-state index in [2.05, 4.69) is 36.5 Å². The van der Waals surface area contributed by atoms with Crippen LogP contribution in [0.3, 0.4) is 0 Å². The standard InChI is InChI=1S/C17H19NO2/c1-13-6-8-14(9-7-13)10-18-11-15-12-19-16-4-2-3-5-17(16)20-15/h2-9,15,18H,10-12H2,1H3. The van der Waals surface area contributed by atoms with Crippen LogP contribution in [0.5, 0.6) is 11.5 Å². The van der Waals surface area contributed by atoms with E-state index in [9.17, 15) is 0 Å². The number of hydrogen-bond acceptors (Lipinski definition) is 3. The molecule has 0 aromatic heterocycles. The Morgan fingerprint density at radius 1 is 1.05 bits per heavy atom. The summed E-state index contributed by atoms with van der Waals surface area (Å²) in [4.78, 5) is 0. The second-order valence-corrected chi connectivity index (χ2v) is 5.11. The molecule has 1 atom stereocenters. The van der Waals surface area contributed by atoms with Gasteiger partial charge >= 0.3 is 0 Å². The SMILES string of the molecule is Cc1ccc(CNCC2COc3ccccc3O2)cc1. The predicted octanol–water partition coefficient (Wildman–Crippen LogP) is 2.92. The summed E-state index contributed by atoms with van der Waals surface area (Å²) in [5.74, 6) is 1.67. The molecule has 0 radical (unpaired) electrons. The van der Waals surface area contributed by atoms with E-state index in [0.717, 1.165) is 24.6 Å². The lowest BCUT2D eigenvalue weighted by Crippen LogP contribution is -2.38. The summed E-state index contributed by atoms with van der Waals surface area (Å²) in [5.41, 5.74) is 2.57. The predicted molar refractivity (Wildman–Crippen MR) is 79.2 cm³/mol. The molecule has 2 aromatic rings. The fourth-order valence-electron chi connectivity index (χ4n) is 2.25. The third kappa shape index (κ3) is 3.11. The van der Waals surface area contributed by atoms with E-state index in [1.807, 2.05) is 24.3 Å². The molecule has 1 aliphatic heterocycles. The Labute approximate surface area is 119 Å². The Hall–Kier alpha value is -2.00. The molecule has 0 saturated carbocycles. The Morgan fingerprint density at radius 3 is 2.60 bits per heavy atom. The second-order valence-electron chi connectivity index (χ2n) is 5.11. The van der Waals surface area contributed by atoms with E-state index in [-0.39, 0.29) is 6.10 Å². The first-order valence-corrected chi connectivity index (χ1v) is 6.96. The number of benzene rings is 2. The van der Waals surface area contributed by atoms with Crippen molar-refractivity contribution in [2.75, 3.05) is 13.2 Å². The lowest BCUT2D eigenvalue weighted by atomic mass is 10.1. The van der Waals surface area contributed by atoms with Gasteiger partial charge in [0.25, 0.3) is 0 Å². The minimum absolute atomic E-state index is 0.0651. The van der Waals surface area contributed by atoms with Crippen LogP contribution in [0.4, 0.5) is 0 Å². The molecule has 3 rings (SSSR count). The average molecular weight is 269 g/mol. The van der Waals surface area contributed by atoms with Crippen molar-refractivity contribution in [3.8, 4) is 11.5 Å². The van der Waals surface area contributed by atoms with Crippen LogP contribution in [0.15, 0.2) is 48.5 Å². The molecular formula is C17H19NO2. The third-order valence-electron chi connectivity index (χ3n) is 3.39. The molecule has 20 heavy (non-hydrogen) atoms. The molecule has 0 spiro atoms. The van der Waals surface area contributed by atoms with Gasteiger partial charge in [-0.25, -0.2) is 0 Å². The lowest BCUT2D eigenvalue weighted by molar-refractivity contribution is 0.0902. The van der Waals surface area contributed by atoms with E-state index in [4.69, 9.17) is 9.47 Å².